The minimum Gasteiger partial charge on any atom is -0.121 e. The van der Waals surface area contributed by atoms with Gasteiger partial charge in [-0.15, -0.1) is 23.2 Å². The van der Waals surface area contributed by atoms with Gasteiger partial charge in [-0.3, -0.25) is 0 Å². The van der Waals surface area contributed by atoms with Crippen molar-refractivity contribution < 1.29 is 0 Å². The van der Waals surface area contributed by atoms with E-state index in [2.05, 4.69) is 18.2 Å². The van der Waals surface area contributed by atoms with E-state index >= 15 is 0 Å². The van der Waals surface area contributed by atoms with Crippen molar-refractivity contribution in [1.29, 1.82) is 0 Å². The van der Waals surface area contributed by atoms with Gasteiger partial charge >= 0.3 is 0 Å². The van der Waals surface area contributed by atoms with E-state index in [4.69, 9.17) is 23.2 Å². The molecule has 0 nitrogen and oxygen atoms in total. The molecule has 1 aromatic rings. The van der Waals surface area contributed by atoms with Crippen LogP contribution in [0.2, 0.25) is 0 Å². The maximum absolute atomic E-state index is 6.17. The van der Waals surface area contributed by atoms with Gasteiger partial charge in [0.25, 0.3) is 0 Å². The van der Waals surface area contributed by atoms with Crippen LogP contribution < -0.4 is 0 Å². The van der Waals surface area contributed by atoms with Gasteiger partial charge in [0.05, 0.1) is 10.8 Å². The summed E-state index contributed by atoms with van der Waals surface area (Å²) in [4.78, 5) is 0. The summed E-state index contributed by atoms with van der Waals surface area (Å²) in [5.74, 6) is 0. The van der Waals surface area contributed by atoms with Crippen LogP contribution in [-0.4, -0.2) is 5.38 Å². The molecule has 0 N–H and O–H groups in total. The number of fused-ring (bicyclic) bond motifs is 1. The van der Waals surface area contributed by atoms with Crippen molar-refractivity contribution >= 4 is 23.2 Å². The van der Waals surface area contributed by atoms with Crippen molar-refractivity contribution in [3.8, 4) is 0 Å². The molecular formula is C10H10Cl2. The molecule has 0 radical (unpaired) electrons. The lowest BCUT2D eigenvalue weighted by molar-refractivity contribution is 0.676. The van der Waals surface area contributed by atoms with E-state index in [0.29, 0.717) is 0 Å². The standard InChI is InChI=1S/C10H10Cl2/c11-9-6-5-7-3-1-2-4-8(7)10(9)12/h1-4,9-10H,5-6H2/t9-,10-/m0/s1. The summed E-state index contributed by atoms with van der Waals surface area (Å²) >= 11 is 12.2. The van der Waals surface area contributed by atoms with E-state index in [1.165, 1.54) is 11.1 Å². The lowest BCUT2D eigenvalue weighted by atomic mass is 9.91. The van der Waals surface area contributed by atoms with Gasteiger partial charge in [0.15, 0.2) is 0 Å². The zero-order valence-corrected chi connectivity index (χ0v) is 8.15. The van der Waals surface area contributed by atoms with Crippen LogP contribution >= 0.6 is 23.2 Å². The summed E-state index contributed by atoms with van der Waals surface area (Å²) in [5.41, 5.74) is 2.57. The molecule has 1 aliphatic carbocycles. The van der Waals surface area contributed by atoms with E-state index in [0.717, 1.165) is 12.8 Å². The minimum atomic E-state index is -0.00313. The molecule has 0 amide bonds. The smallest absolute Gasteiger partial charge is 0.0751 e. The summed E-state index contributed by atoms with van der Waals surface area (Å²) < 4.78 is 0. The molecule has 2 heteroatoms. The van der Waals surface area contributed by atoms with Crippen LogP contribution in [0.5, 0.6) is 0 Å². The molecular weight excluding hydrogens is 191 g/mol. The molecule has 64 valence electrons. The van der Waals surface area contributed by atoms with Crippen LogP contribution in [0.4, 0.5) is 0 Å². The molecule has 1 aliphatic rings. The van der Waals surface area contributed by atoms with Crippen molar-refractivity contribution in [1.82, 2.24) is 0 Å². The number of benzene rings is 1. The molecule has 1 aromatic carbocycles. The Hall–Kier alpha value is -0.200. The quantitative estimate of drug-likeness (QED) is 0.563. The summed E-state index contributed by atoms with van der Waals surface area (Å²) in [6, 6.07) is 8.27. The molecule has 12 heavy (non-hydrogen) atoms. The molecule has 2 atom stereocenters. The summed E-state index contributed by atoms with van der Waals surface area (Å²) in [6.45, 7) is 0. The van der Waals surface area contributed by atoms with E-state index in [1.54, 1.807) is 0 Å². The van der Waals surface area contributed by atoms with Gasteiger partial charge in [-0.1, -0.05) is 24.3 Å². The molecule has 0 bridgehead atoms. The summed E-state index contributed by atoms with van der Waals surface area (Å²) in [5, 5.41) is 0.0955. The van der Waals surface area contributed by atoms with Crippen LogP contribution in [0.25, 0.3) is 0 Å². The molecule has 0 spiro atoms. The number of aryl methyl sites for hydroxylation is 1. The summed E-state index contributed by atoms with van der Waals surface area (Å²) in [6.07, 6.45) is 2.06. The first-order valence-electron chi connectivity index (χ1n) is 4.15. The van der Waals surface area contributed by atoms with Gasteiger partial charge < -0.3 is 0 Å². The molecule has 0 saturated heterocycles. The summed E-state index contributed by atoms with van der Waals surface area (Å²) in [7, 11) is 0. The van der Waals surface area contributed by atoms with Crippen LogP contribution in [0, 0.1) is 0 Å². The largest absolute Gasteiger partial charge is 0.121 e. The van der Waals surface area contributed by atoms with Gasteiger partial charge in [0.2, 0.25) is 0 Å². The van der Waals surface area contributed by atoms with Crippen molar-refractivity contribution in [2.75, 3.05) is 0 Å². The third-order valence-corrected chi connectivity index (χ3v) is 3.50. The Morgan fingerprint density at radius 1 is 1.17 bits per heavy atom. The number of rotatable bonds is 0. The number of hydrogen-bond acceptors (Lipinski definition) is 0. The predicted octanol–water partition coefficient (Wildman–Crippen LogP) is 3.52. The molecule has 0 saturated carbocycles. The van der Waals surface area contributed by atoms with Gasteiger partial charge in [0.1, 0.15) is 0 Å². The van der Waals surface area contributed by atoms with E-state index in [1.807, 2.05) is 6.07 Å². The third kappa shape index (κ3) is 1.34. The third-order valence-electron chi connectivity index (χ3n) is 2.36. The molecule has 0 fully saturated rings. The van der Waals surface area contributed by atoms with Gasteiger partial charge in [-0.05, 0) is 24.0 Å². The maximum Gasteiger partial charge on any atom is 0.0751 e. The van der Waals surface area contributed by atoms with Crippen molar-refractivity contribution in [3.05, 3.63) is 35.4 Å². The highest BCUT2D eigenvalue weighted by molar-refractivity contribution is 6.30. The minimum absolute atomic E-state index is 0.00313. The second kappa shape index (κ2) is 3.27. The van der Waals surface area contributed by atoms with Crippen molar-refractivity contribution in [2.45, 2.75) is 23.6 Å². The predicted molar refractivity (Wildman–Crippen MR) is 53.0 cm³/mol. The van der Waals surface area contributed by atoms with Crippen LogP contribution in [0.3, 0.4) is 0 Å². The molecule has 0 aliphatic heterocycles. The second-order valence-corrected chi connectivity index (χ2v) is 4.19. The average molecular weight is 201 g/mol. The zero-order chi connectivity index (χ0) is 8.55. The van der Waals surface area contributed by atoms with Gasteiger partial charge in [0, 0.05) is 0 Å². The number of hydrogen-bond donors (Lipinski definition) is 0. The van der Waals surface area contributed by atoms with E-state index in [-0.39, 0.29) is 10.8 Å². The van der Waals surface area contributed by atoms with E-state index < -0.39 is 0 Å². The molecule has 2 rings (SSSR count). The Balaban J connectivity index is 2.42. The van der Waals surface area contributed by atoms with Gasteiger partial charge in [-0.2, -0.15) is 0 Å². The van der Waals surface area contributed by atoms with Crippen LogP contribution in [-0.2, 0) is 6.42 Å². The van der Waals surface area contributed by atoms with Crippen LogP contribution in [0.15, 0.2) is 24.3 Å². The van der Waals surface area contributed by atoms with E-state index in [9.17, 15) is 0 Å². The second-order valence-electron chi connectivity index (χ2n) is 3.16. The Labute approximate surface area is 82.5 Å². The topological polar surface area (TPSA) is 0 Å². The van der Waals surface area contributed by atoms with Crippen LogP contribution in [0.1, 0.15) is 22.9 Å². The monoisotopic (exact) mass is 200 g/mol. The van der Waals surface area contributed by atoms with Gasteiger partial charge in [-0.25, -0.2) is 0 Å². The normalized spacial score (nSPS) is 28.2. The number of alkyl halides is 2. The molecule has 0 heterocycles. The highest BCUT2D eigenvalue weighted by atomic mass is 35.5. The van der Waals surface area contributed by atoms with Crippen molar-refractivity contribution in [3.63, 3.8) is 0 Å². The zero-order valence-electron chi connectivity index (χ0n) is 6.63. The lowest BCUT2D eigenvalue weighted by Crippen LogP contribution is -2.16. The highest BCUT2D eigenvalue weighted by Gasteiger charge is 2.25. The number of halogens is 2. The Morgan fingerprint density at radius 2 is 1.92 bits per heavy atom. The Bertz CT molecular complexity index is 283. The first-order chi connectivity index (χ1) is 5.79. The fourth-order valence-corrected chi connectivity index (χ4v) is 2.25. The molecule has 0 unspecified atom stereocenters. The fourth-order valence-electron chi connectivity index (χ4n) is 1.67. The first-order valence-corrected chi connectivity index (χ1v) is 5.02. The maximum atomic E-state index is 6.17. The Morgan fingerprint density at radius 3 is 2.75 bits per heavy atom. The first kappa shape index (κ1) is 8.40. The highest BCUT2D eigenvalue weighted by Crippen LogP contribution is 2.37. The lowest BCUT2D eigenvalue weighted by Gasteiger charge is -2.24. The van der Waals surface area contributed by atoms with Crippen molar-refractivity contribution in [2.24, 2.45) is 0 Å². The fraction of sp³-hybridized carbons (Fsp3) is 0.400. The molecule has 0 aromatic heterocycles. The average Bonchev–Trinajstić information content (AvgIpc) is 2.12. The Kier molecular flexibility index (Phi) is 2.29. The SMILES string of the molecule is Cl[C@H]1CCc2ccccc2[C@@H]1Cl.